The average molecular weight is 453 g/mol. The topological polar surface area (TPSA) is 87.8 Å². The van der Waals surface area contributed by atoms with Crippen LogP contribution in [0.25, 0.3) is 22.4 Å². The van der Waals surface area contributed by atoms with Gasteiger partial charge in [0, 0.05) is 29.9 Å². The Bertz CT molecular complexity index is 1260. The molecule has 1 fully saturated rings. The van der Waals surface area contributed by atoms with E-state index in [2.05, 4.69) is 30.6 Å². The molecule has 4 aromatic rings. The maximum Gasteiger partial charge on any atom is 0.183 e. The molecule has 3 N–H and O–H groups in total. The van der Waals surface area contributed by atoms with Gasteiger partial charge < -0.3 is 20.4 Å². The van der Waals surface area contributed by atoms with Crippen molar-refractivity contribution >= 4 is 28.5 Å². The minimum Gasteiger partial charge on any atom is -0.489 e. The summed E-state index contributed by atoms with van der Waals surface area (Å²) in [5.74, 6) is 0.776. The Kier molecular flexibility index (Phi) is 5.63. The number of benzene rings is 1. The number of aromatic amines is 1. The van der Waals surface area contributed by atoms with Gasteiger partial charge in [-0.05, 0) is 43.7 Å². The van der Waals surface area contributed by atoms with Crippen LogP contribution in [0.15, 0.2) is 48.9 Å². The highest BCUT2D eigenvalue weighted by molar-refractivity contribution is 6.31. The minimum atomic E-state index is -0.527. The molecule has 0 unspecified atom stereocenters. The molecule has 164 valence electrons. The highest BCUT2D eigenvalue weighted by Crippen LogP contribution is 2.29. The van der Waals surface area contributed by atoms with Gasteiger partial charge in [-0.2, -0.15) is 0 Å². The van der Waals surface area contributed by atoms with Crippen LogP contribution in [0, 0.1) is 5.82 Å². The van der Waals surface area contributed by atoms with Gasteiger partial charge in [0.1, 0.15) is 17.5 Å². The van der Waals surface area contributed by atoms with Crippen LogP contribution in [0.5, 0.6) is 5.75 Å². The Labute approximate surface area is 189 Å². The van der Waals surface area contributed by atoms with E-state index in [0.29, 0.717) is 22.1 Å². The van der Waals surface area contributed by atoms with E-state index in [1.165, 1.54) is 6.20 Å². The number of ether oxygens (including phenoxy) is 1. The summed E-state index contributed by atoms with van der Waals surface area (Å²) >= 11 is 6.09. The first-order chi connectivity index (χ1) is 15.6. The van der Waals surface area contributed by atoms with Crippen LogP contribution >= 0.6 is 11.6 Å². The Morgan fingerprint density at radius 1 is 1.25 bits per heavy atom. The van der Waals surface area contributed by atoms with Crippen molar-refractivity contribution in [3.05, 3.63) is 65.3 Å². The average Bonchev–Trinajstić information content (AvgIpc) is 3.45. The van der Waals surface area contributed by atoms with Gasteiger partial charge in [0.25, 0.3) is 0 Å². The summed E-state index contributed by atoms with van der Waals surface area (Å²) in [5, 5.41) is 7.73. The molecule has 0 amide bonds. The second-order valence-corrected chi connectivity index (χ2v) is 8.25. The van der Waals surface area contributed by atoms with Gasteiger partial charge in [-0.1, -0.05) is 23.7 Å². The molecule has 2 atom stereocenters. The van der Waals surface area contributed by atoms with E-state index in [9.17, 15) is 4.39 Å². The summed E-state index contributed by atoms with van der Waals surface area (Å²) < 4.78 is 20.6. The first kappa shape index (κ1) is 20.7. The second-order valence-electron chi connectivity index (χ2n) is 7.81. The van der Waals surface area contributed by atoms with Gasteiger partial charge in [0.15, 0.2) is 17.5 Å². The Morgan fingerprint density at radius 2 is 2.16 bits per heavy atom. The first-order valence-electron chi connectivity index (χ1n) is 10.5. The lowest BCUT2D eigenvalue weighted by molar-refractivity contribution is 0.223. The number of hydrogen-bond acceptors (Lipinski definition) is 6. The third-order valence-electron chi connectivity index (χ3n) is 5.51. The molecule has 0 bridgehead atoms. The molecule has 1 aliphatic rings. The second kappa shape index (κ2) is 8.72. The Morgan fingerprint density at radius 3 is 3.00 bits per heavy atom. The Hall–Kier alpha value is -3.23. The molecule has 0 spiro atoms. The lowest BCUT2D eigenvalue weighted by Crippen LogP contribution is -2.19. The zero-order valence-electron chi connectivity index (χ0n) is 17.4. The molecule has 7 nitrogen and oxygen atoms in total. The highest BCUT2D eigenvalue weighted by Gasteiger charge is 2.18. The normalized spacial score (nSPS) is 16.9. The van der Waals surface area contributed by atoms with Gasteiger partial charge in [0.2, 0.25) is 0 Å². The van der Waals surface area contributed by atoms with Gasteiger partial charge in [0.05, 0.1) is 17.3 Å². The summed E-state index contributed by atoms with van der Waals surface area (Å²) in [7, 11) is 0. The standard InChI is InChI=1S/C23H22ClFN6O/c1-13(14-3-2-4-16(7-14)32-17-5-6-26-10-17)30-23-20(25)12-29-22(31-23)19-11-28-21-18(19)8-15(24)9-27-21/h2-4,7-9,11-13,17,26H,5-6,10H2,1H3,(H,27,28)(H,29,30,31)/t13-,17-/m0/s1. The molecule has 0 aliphatic carbocycles. The number of H-pyrrole nitrogens is 1. The third-order valence-corrected chi connectivity index (χ3v) is 5.72. The van der Waals surface area contributed by atoms with E-state index in [1.54, 1.807) is 18.5 Å². The van der Waals surface area contributed by atoms with Gasteiger partial charge in [-0.15, -0.1) is 0 Å². The van der Waals surface area contributed by atoms with E-state index in [0.717, 1.165) is 36.2 Å². The fraction of sp³-hybridized carbons (Fsp3) is 0.261. The molecule has 1 aromatic carbocycles. The van der Waals surface area contributed by atoms with Crippen LogP contribution in [0.3, 0.4) is 0 Å². The number of aromatic nitrogens is 4. The monoisotopic (exact) mass is 452 g/mol. The van der Waals surface area contributed by atoms with Gasteiger partial charge in [-0.25, -0.2) is 19.3 Å². The van der Waals surface area contributed by atoms with Crippen LogP contribution in [0.1, 0.15) is 24.9 Å². The number of anilines is 1. The van der Waals surface area contributed by atoms with Crippen LogP contribution < -0.4 is 15.4 Å². The summed E-state index contributed by atoms with van der Waals surface area (Å²) in [6.45, 7) is 3.77. The number of rotatable bonds is 6. The highest BCUT2D eigenvalue weighted by atomic mass is 35.5. The van der Waals surface area contributed by atoms with Crippen molar-refractivity contribution < 1.29 is 9.13 Å². The first-order valence-corrected chi connectivity index (χ1v) is 10.8. The Balaban J connectivity index is 1.39. The fourth-order valence-corrected chi connectivity index (χ4v) is 3.99. The number of hydrogen-bond donors (Lipinski definition) is 3. The lowest BCUT2D eigenvalue weighted by atomic mass is 10.1. The number of pyridine rings is 1. The van der Waals surface area contributed by atoms with Crippen molar-refractivity contribution in [2.75, 3.05) is 18.4 Å². The molecule has 9 heteroatoms. The summed E-state index contributed by atoms with van der Waals surface area (Å²) in [6.07, 6.45) is 5.63. The molecule has 0 radical (unpaired) electrons. The maximum absolute atomic E-state index is 14.6. The summed E-state index contributed by atoms with van der Waals surface area (Å²) in [4.78, 5) is 15.9. The van der Waals surface area contributed by atoms with E-state index in [4.69, 9.17) is 16.3 Å². The molecule has 1 saturated heterocycles. The number of nitrogens with zero attached hydrogens (tertiary/aromatic N) is 3. The molecular formula is C23H22ClFN6O. The lowest BCUT2D eigenvalue weighted by Gasteiger charge is -2.18. The quantitative estimate of drug-likeness (QED) is 0.392. The number of halogens is 2. The zero-order chi connectivity index (χ0) is 22.1. The molecule has 1 aliphatic heterocycles. The van der Waals surface area contributed by atoms with Gasteiger partial charge in [-0.3, -0.25) is 0 Å². The molecule has 0 saturated carbocycles. The van der Waals surface area contributed by atoms with E-state index in [1.807, 2.05) is 31.2 Å². The van der Waals surface area contributed by atoms with Crippen molar-refractivity contribution in [2.45, 2.75) is 25.5 Å². The van der Waals surface area contributed by atoms with Crippen molar-refractivity contribution in [3.8, 4) is 17.1 Å². The molecule has 5 rings (SSSR count). The third kappa shape index (κ3) is 4.24. The van der Waals surface area contributed by atoms with E-state index in [-0.39, 0.29) is 18.0 Å². The smallest absolute Gasteiger partial charge is 0.183 e. The van der Waals surface area contributed by atoms with Crippen LogP contribution in [0.4, 0.5) is 10.2 Å². The predicted octanol–water partition coefficient (Wildman–Crippen LogP) is 4.73. The zero-order valence-corrected chi connectivity index (χ0v) is 18.2. The number of fused-ring (bicyclic) bond motifs is 1. The summed E-state index contributed by atoms with van der Waals surface area (Å²) in [5.41, 5.74) is 2.33. The van der Waals surface area contributed by atoms with Crippen molar-refractivity contribution in [1.29, 1.82) is 0 Å². The molecule has 4 heterocycles. The van der Waals surface area contributed by atoms with E-state index >= 15 is 0 Å². The minimum absolute atomic E-state index is 0.123. The van der Waals surface area contributed by atoms with Crippen LogP contribution in [0.2, 0.25) is 5.02 Å². The number of nitrogens with one attached hydrogen (secondary N) is 3. The van der Waals surface area contributed by atoms with E-state index < -0.39 is 5.82 Å². The molecule has 32 heavy (non-hydrogen) atoms. The van der Waals surface area contributed by atoms with Crippen LogP contribution in [-0.2, 0) is 0 Å². The fourth-order valence-electron chi connectivity index (χ4n) is 3.83. The largest absolute Gasteiger partial charge is 0.489 e. The van der Waals surface area contributed by atoms with Crippen molar-refractivity contribution in [3.63, 3.8) is 0 Å². The van der Waals surface area contributed by atoms with Crippen molar-refractivity contribution in [2.24, 2.45) is 0 Å². The molecular weight excluding hydrogens is 431 g/mol. The SMILES string of the molecule is C[C@H](Nc1nc(-c2c[nH]c3ncc(Cl)cc23)ncc1F)c1cccc(O[C@H]2CCNC2)c1. The van der Waals surface area contributed by atoms with Crippen molar-refractivity contribution in [1.82, 2.24) is 25.3 Å². The molecule has 3 aromatic heterocycles. The maximum atomic E-state index is 14.6. The predicted molar refractivity (Wildman–Crippen MR) is 122 cm³/mol. The summed E-state index contributed by atoms with van der Waals surface area (Å²) in [6, 6.07) is 9.41. The van der Waals surface area contributed by atoms with Crippen LogP contribution in [-0.4, -0.2) is 39.1 Å². The van der Waals surface area contributed by atoms with Gasteiger partial charge >= 0.3 is 0 Å².